The summed E-state index contributed by atoms with van der Waals surface area (Å²) in [5.41, 5.74) is 6.43. The molecule has 1 aliphatic rings. The number of nitrogens with zero attached hydrogens (tertiary/aromatic N) is 2. The number of hydrogen-bond donors (Lipinski definition) is 6. The van der Waals surface area contributed by atoms with Crippen molar-refractivity contribution in [3.05, 3.63) is 143 Å². The molecule has 5 rings (SSSR count). The van der Waals surface area contributed by atoms with Gasteiger partial charge in [-0.15, -0.1) is 0 Å². The molecule has 1 aliphatic heterocycles. The summed E-state index contributed by atoms with van der Waals surface area (Å²) in [6, 6.07) is 29.4. The first-order chi connectivity index (χ1) is 22.3. The van der Waals surface area contributed by atoms with Crippen LogP contribution in [0.1, 0.15) is 43.0 Å². The van der Waals surface area contributed by atoms with Crippen LogP contribution in [0.5, 0.6) is 0 Å². The average molecular weight is 625 g/mol. The maximum atomic E-state index is 14.8. The Morgan fingerprint density at radius 2 is 0.935 bits per heavy atom. The molecule has 4 aromatic rings. The summed E-state index contributed by atoms with van der Waals surface area (Å²) in [6.45, 7) is -0.0393. The van der Waals surface area contributed by atoms with Crippen molar-refractivity contribution in [3.63, 3.8) is 0 Å². The molecule has 46 heavy (non-hydrogen) atoms. The Kier molecular flexibility index (Phi) is 10.4. The van der Waals surface area contributed by atoms with Crippen LogP contribution >= 0.6 is 0 Å². The van der Waals surface area contributed by atoms with Crippen molar-refractivity contribution >= 4 is 17.8 Å². The largest absolute Gasteiger partial charge is 0.388 e. The third-order valence-electron chi connectivity index (χ3n) is 8.29. The smallest absolute Gasteiger partial charge is 0.321 e. The summed E-state index contributed by atoms with van der Waals surface area (Å²) in [4.78, 5) is 42.2. The van der Waals surface area contributed by atoms with Gasteiger partial charge >= 0.3 is 6.03 Å². The van der Waals surface area contributed by atoms with E-state index in [1.807, 2.05) is 60.7 Å². The van der Waals surface area contributed by atoms with Crippen molar-refractivity contribution in [2.45, 2.75) is 50.2 Å². The highest BCUT2D eigenvalue weighted by Crippen LogP contribution is 2.30. The second-order valence-electron chi connectivity index (χ2n) is 11.3. The van der Waals surface area contributed by atoms with Gasteiger partial charge < -0.3 is 20.0 Å². The summed E-state index contributed by atoms with van der Waals surface area (Å²) in [5.74, 6) is -1.42. The lowest BCUT2D eigenvalue weighted by Crippen LogP contribution is -2.50. The first-order valence-corrected chi connectivity index (χ1v) is 14.9. The molecule has 1 saturated heterocycles. The number of carbonyl (C=O) groups is 3. The van der Waals surface area contributed by atoms with Gasteiger partial charge in [-0.3, -0.25) is 20.0 Å². The van der Waals surface area contributed by atoms with E-state index < -0.39 is 42.1 Å². The van der Waals surface area contributed by atoms with Crippen molar-refractivity contribution < 1.29 is 35.0 Å². The Balaban J connectivity index is 1.60. The number of benzene rings is 4. The van der Waals surface area contributed by atoms with Crippen LogP contribution in [0.25, 0.3) is 0 Å². The van der Waals surface area contributed by atoms with Gasteiger partial charge in [0.05, 0.1) is 12.1 Å². The summed E-state index contributed by atoms with van der Waals surface area (Å²) >= 11 is 0. The van der Waals surface area contributed by atoms with Gasteiger partial charge in [0.15, 0.2) is 0 Å². The third kappa shape index (κ3) is 7.41. The van der Waals surface area contributed by atoms with E-state index in [-0.39, 0.29) is 37.1 Å². The van der Waals surface area contributed by atoms with E-state index in [4.69, 9.17) is 0 Å². The SMILES string of the molecule is O=C(NO)c1cccc(CN2C(=O)N(Cc3cccc(C(=O)NO)c3)[C@H](Cc3ccccc3)[C@H](O)[C@@H](O)[C@H]2Cc2ccccc2)c1. The molecule has 238 valence electrons. The molecule has 0 saturated carbocycles. The molecular formula is C35H36N4O7. The predicted molar refractivity (Wildman–Crippen MR) is 168 cm³/mol. The highest BCUT2D eigenvalue weighted by atomic mass is 16.5. The van der Waals surface area contributed by atoms with E-state index in [2.05, 4.69) is 0 Å². The Hall–Kier alpha value is -5.07. The van der Waals surface area contributed by atoms with E-state index in [9.17, 15) is 35.0 Å². The second-order valence-corrected chi connectivity index (χ2v) is 11.3. The highest BCUT2D eigenvalue weighted by Gasteiger charge is 2.46. The monoisotopic (exact) mass is 624 g/mol. The fourth-order valence-corrected chi connectivity index (χ4v) is 5.96. The minimum absolute atomic E-state index is 0.0197. The van der Waals surface area contributed by atoms with E-state index in [1.165, 1.54) is 21.9 Å². The molecule has 0 aliphatic carbocycles. The van der Waals surface area contributed by atoms with Gasteiger partial charge in [0.2, 0.25) is 0 Å². The fraction of sp³-hybridized carbons (Fsp3) is 0.229. The number of nitrogens with one attached hydrogen (secondary N) is 2. The molecule has 4 amide bonds. The molecule has 0 spiro atoms. The van der Waals surface area contributed by atoms with Crippen LogP contribution in [-0.2, 0) is 25.9 Å². The minimum Gasteiger partial charge on any atom is -0.388 e. The normalized spacial score (nSPS) is 19.8. The number of urea groups is 1. The Morgan fingerprint density at radius 3 is 1.30 bits per heavy atom. The van der Waals surface area contributed by atoms with Crippen molar-refractivity contribution in [1.29, 1.82) is 0 Å². The Bertz CT molecular complexity index is 1530. The lowest BCUT2D eigenvalue weighted by Gasteiger charge is -2.36. The summed E-state index contributed by atoms with van der Waals surface area (Å²) in [7, 11) is 0. The number of rotatable bonds is 10. The number of aliphatic hydroxyl groups is 2. The van der Waals surface area contributed by atoms with Crippen LogP contribution in [0.15, 0.2) is 109 Å². The van der Waals surface area contributed by atoms with Crippen molar-refractivity contribution in [1.82, 2.24) is 20.8 Å². The molecule has 1 heterocycles. The van der Waals surface area contributed by atoms with Gasteiger partial charge in [0.1, 0.15) is 12.2 Å². The van der Waals surface area contributed by atoms with Crippen molar-refractivity contribution in [3.8, 4) is 0 Å². The fourth-order valence-electron chi connectivity index (χ4n) is 5.96. The second kappa shape index (κ2) is 14.8. The standard InChI is InChI=1S/C35H36N4O7/c40-31-29(19-23-9-3-1-4-10-23)38(21-25-13-7-15-27(17-25)33(42)36-45)35(44)39(22-26-14-8-16-28(18-26)34(43)37-46)30(32(31)41)20-24-11-5-2-6-12-24/h1-18,29-32,40-41,45-46H,19-22H2,(H,36,42)(H,37,43)/t29-,30-,31+,32+/m1/s1. The Labute approximate surface area is 266 Å². The van der Waals surface area contributed by atoms with Crippen LogP contribution in [0.4, 0.5) is 4.79 Å². The molecule has 11 nitrogen and oxygen atoms in total. The molecule has 1 fully saturated rings. The van der Waals surface area contributed by atoms with Gasteiger partial charge in [-0.05, 0) is 59.4 Å². The molecule has 4 aromatic carbocycles. The van der Waals surface area contributed by atoms with Gasteiger partial charge in [-0.1, -0.05) is 84.9 Å². The molecule has 0 bridgehead atoms. The maximum absolute atomic E-state index is 14.8. The van der Waals surface area contributed by atoms with Crippen LogP contribution in [0, 0.1) is 0 Å². The van der Waals surface area contributed by atoms with Crippen molar-refractivity contribution in [2.24, 2.45) is 0 Å². The maximum Gasteiger partial charge on any atom is 0.321 e. The van der Waals surface area contributed by atoms with E-state index in [1.54, 1.807) is 47.4 Å². The summed E-state index contributed by atoms with van der Waals surface area (Å²) < 4.78 is 0. The quantitative estimate of drug-likeness (QED) is 0.117. The third-order valence-corrected chi connectivity index (χ3v) is 8.29. The number of aliphatic hydroxyl groups excluding tert-OH is 2. The topological polar surface area (TPSA) is 163 Å². The molecule has 6 N–H and O–H groups in total. The highest BCUT2D eigenvalue weighted by molar-refractivity contribution is 5.94. The molecule has 0 aromatic heterocycles. The van der Waals surface area contributed by atoms with E-state index in [0.29, 0.717) is 11.1 Å². The van der Waals surface area contributed by atoms with Gasteiger partial charge in [0.25, 0.3) is 11.8 Å². The lowest BCUT2D eigenvalue weighted by atomic mass is 9.90. The van der Waals surface area contributed by atoms with Crippen LogP contribution < -0.4 is 11.0 Å². The molecule has 11 heteroatoms. The minimum atomic E-state index is -1.36. The average Bonchev–Trinajstić information content (AvgIpc) is 3.15. The first kappa shape index (κ1) is 32.3. The van der Waals surface area contributed by atoms with E-state index >= 15 is 0 Å². The van der Waals surface area contributed by atoms with Crippen LogP contribution in [0.2, 0.25) is 0 Å². The van der Waals surface area contributed by atoms with Crippen LogP contribution in [-0.4, -0.2) is 72.6 Å². The summed E-state index contributed by atoms with van der Waals surface area (Å²) in [5, 5.41) is 42.1. The van der Waals surface area contributed by atoms with Crippen LogP contribution in [0.3, 0.4) is 0 Å². The van der Waals surface area contributed by atoms with Gasteiger partial charge in [0, 0.05) is 24.2 Å². The van der Waals surface area contributed by atoms with Crippen molar-refractivity contribution in [2.75, 3.05) is 0 Å². The zero-order valence-corrected chi connectivity index (χ0v) is 24.9. The van der Waals surface area contributed by atoms with Gasteiger partial charge in [-0.25, -0.2) is 15.8 Å². The molecule has 4 atom stereocenters. The molecule has 0 unspecified atom stereocenters. The number of amides is 4. The van der Waals surface area contributed by atoms with Gasteiger partial charge in [-0.2, -0.15) is 0 Å². The molecular weight excluding hydrogens is 588 g/mol. The number of hydrogen-bond acceptors (Lipinski definition) is 7. The first-order valence-electron chi connectivity index (χ1n) is 14.9. The predicted octanol–water partition coefficient (Wildman–Crippen LogP) is 3.31. The lowest BCUT2D eigenvalue weighted by molar-refractivity contribution is -0.0408. The van der Waals surface area contributed by atoms with E-state index in [0.717, 1.165) is 11.1 Å². The zero-order valence-electron chi connectivity index (χ0n) is 24.9. The number of carbonyl (C=O) groups excluding carboxylic acids is 3. The molecule has 0 radical (unpaired) electrons. The summed E-state index contributed by atoms with van der Waals surface area (Å²) in [6.07, 6.45) is -2.25. The zero-order chi connectivity index (χ0) is 32.6. The Morgan fingerprint density at radius 1 is 0.565 bits per heavy atom. The number of hydroxylamine groups is 2.